The van der Waals surface area contributed by atoms with Crippen molar-refractivity contribution in [2.75, 3.05) is 0 Å². The lowest BCUT2D eigenvalue weighted by Crippen LogP contribution is -1.83. The number of pyridine rings is 1. The van der Waals surface area contributed by atoms with Gasteiger partial charge in [-0.05, 0) is 28.1 Å². The van der Waals surface area contributed by atoms with E-state index in [1.54, 1.807) is 6.07 Å². The molecule has 2 aromatic rings. The summed E-state index contributed by atoms with van der Waals surface area (Å²) < 4.78 is 0.753. The number of rotatable bonds is 0. The Kier molecular flexibility index (Phi) is 1.99. The van der Waals surface area contributed by atoms with Gasteiger partial charge in [-0.3, -0.25) is 0 Å². The first kappa shape index (κ1) is 8.21. The van der Waals surface area contributed by atoms with Crippen molar-refractivity contribution in [2.24, 2.45) is 0 Å². The highest BCUT2D eigenvalue weighted by Gasteiger charge is 2.00. The van der Waals surface area contributed by atoms with Gasteiger partial charge in [0, 0.05) is 5.39 Å². The molecule has 1 aromatic heterocycles. The van der Waals surface area contributed by atoms with Crippen molar-refractivity contribution in [3.8, 4) is 6.07 Å². The maximum Gasteiger partial charge on any atom is 0.106 e. The Labute approximate surface area is 84.0 Å². The van der Waals surface area contributed by atoms with Crippen LogP contribution >= 0.6 is 15.9 Å². The summed E-state index contributed by atoms with van der Waals surface area (Å²) in [6, 6.07) is 11.5. The molecule has 13 heavy (non-hydrogen) atoms. The van der Waals surface area contributed by atoms with E-state index in [0.29, 0.717) is 5.56 Å². The number of hydrogen-bond donors (Lipinski definition) is 0. The number of aromatic nitrogens is 1. The zero-order valence-electron chi connectivity index (χ0n) is 6.66. The Balaban J connectivity index is 2.89. The second kappa shape index (κ2) is 3.15. The van der Waals surface area contributed by atoms with Crippen LogP contribution in [0.3, 0.4) is 0 Å². The molecule has 0 N–H and O–H groups in total. The molecule has 0 unspecified atom stereocenters. The van der Waals surface area contributed by atoms with Gasteiger partial charge in [0.05, 0.1) is 11.1 Å². The van der Waals surface area contributed by atoms with E-state index in [-0.39, 0.29) is 0 Å². The molecule has 0 amide bonds. The summed E-state index contributed by atoms with van der Waals surface area (Å²) in [7, 11) is 0. The molecule has 0 radical (unpaired) electrons. The number of nitriles is 1. The lowest BCUT2D eigenvalue weighted by atomic mass is 10.1. The SMILES string of the molecule is N#Cc1cccc2ccc(Br)nc12. The molecule has 1 heterocycles. The molecule has 0 aliphatic heterocycles. The van der Waals surface area contributed by atoms with E-state index in [9.17, 15) is 0 Å². The minimum Gasteiger partial charge on any atom is -0.240 e. The van der Waals surface area contributed by atoms with E-state index < -0.39 is 0 Å². The minimum absolute atomic E-state index is 0.610. The predicted molar refractivity (Wildman–Crippen MR) is 54.2 cm³/mol. The van der Waals surface area contributed by atoms with Gasteiger partial charge in [0.1, 0.15) is 10.7 Å². The zero-order valence-corrected chi connectivity index (χ0v) is 8.25. The third-order valence-corrected chi connectivity index (χ3v) is 2.25. The predicted octanol–water partition coefficient (Wildman–Crippen LogP) is 2.87. The molecule has 0 bridgehead atoms. The maximum atomic E-state index is 8.82. The second-order valence-corrected chi connectivity index (χ2v) is 3.44. The number of benzene rings is 1. The third-order valence-electron chi connectivity index (χ3n) is 1.81. The Morgan fingerprint density at radius 2 is 2.08 bits per heavy atom. The molecule has 2 nitrogen and oxygen atoms in total. The first-order chi connectivity index (χ1) is 6.31. The summed E-state index contributed by atoms with van der Waals surface area (Å²) in [5.41, 5.74) is 1.36. The van der Waals surface area contributed by atoms with E-state index in [1.807, 2.05) is 24.3 Å². The van der Waals surface area contributed by atoms with Crippen molar-refractivity contribution >= 4 is 26.8 Å². The first-order valence-electron chi connectivity index (χ1n) is 3.76. The fourth-order valence-electron chi connectivity index (χ4n) is 1.21. The van der Waals surface area contributed by atoms with E-state index in [1.165, 1.54) is 0 Å². The summed E-state index contributed by atoms with van der Waals surface area (Å²) in [6.07, 6.45) is 0. The Morgan fingerprint density at radius 3 is 2.85 bits per heavy atom. The molecule has 0 fully saturated rings. The highest BCUT2D eigenvalue weighted by molar-refractivity contribution is 9.10. The van der Waals surface area contributed by atoms with Crippen molar-refractivity contribution in [1.29, 1.82) is 5.26 Å². The van der Waals surface area contributed by atoms with E-state index >= 15 is 0 Å². The van der Waals surface area contributed by atoms with Crippen molar-refractivity contribution in [1.82, 2.24) is 4.98 Å². The fraction of sp³-hybridized carbons (Fsp3) is 0. The van der Waals surface area contributed by atoms with Crippen LogP contribution in [-0.2, 0) is 0 Å². The minimum atomic E-state index is 0.610. The molecule has 0 atom stereocenters. The highest BCUT2D eigenvalue weighted by atomic mass is 79.9. The van der Waals surface area contributed by atoms with Crippen LogP contribution in [0.4, 0.5) is 0 Å². The van der Waals surface area contributed by atoms with Gasteiger partial charge in [-0.2, -0.15) is 5.26 Å². The molecule has 0 aliphatic carbocycles. The molecule has 0 saturated carbocycles. The lowest BCUT2D eigenvalue weighted by molar-refractivity contribution is 1.34. The topological polar surface area (TPSA) is 36.7 Å². The standard InChI is InChI=1S/C10H5BrN2/c11-9-5-4-7-2-1-3-8(6-12)10(7)13-9/h1-5H. The van der Waals surface area contributed by atoms with Gasteiger partial charge >= 0.3 is 0 Å². The summed E-state index contributed by atoms with van der Waals surface area (Å²) in [4.78, 5) is 4.24. The average molecular weight is 233 g/mol. The van der Waals surface area contributed by atoms with Crippen LogP contribution in [0.2, 0.25) is 0 Å². The quantitative estimate of drug-likeness (QED) is 0.656. The molecular weight excluding hydrogens is 228 g/mol. The van der Waals surface area contributed by atoms with Crippen LogP contribution in [-0.4, -0.2) is 4.98 Å². The third kappa shape index (κ3) is 1.41. The van der Waals surface area contributed by atoms with Gasteiger partial charge in [0.2, 0.25) is 0 Å². The van der Waals surface area contributed by atoms with Gasteiger partial charge < -0.3 is 0 Å². The van der Waals surface area contributed by atoms with E-state index in [4.69, 9.17) is 5.26 Å². The molecule has 0 spiro atoms. The van der Waals surface area contributed by atoms with E-state index in [0.717, 1.165) is 15.5 Å². The summed E-state index contributed by atoms with van der Waals surface area (Å²) in [6.45, 7) is 0. The van der Waals surface area contributed by atoms with Gasteiger partial charge in [-0.15, -0.1) is 0 Å². The van der Waals surface area contributed by atoms with Crippen LogP contribution in [0.25, 0.3) is 10.9 Å². The van der Waals surface area contributed by atoms with Gasteiger partial charge in [-0.1, -0.05) is 18.2 Å². The maximum absolute atomic E-state index is 8.82. The molecule has 2 rings (SSSR count). The number of para-hydroxylation sites is 1. The zero-order chi connectivity index (χ0) is 9.26. The summed E-state index contributed by atoms with van der Waals surface area (Å²) in [5, 5.41) is 9.81. The van der Waals surface area contributed by atoms with E-state index in [2.05, 4.69) is 27.0 Å². The first-order valence-corrected chi connectivity index (χ1v) is 4.56. The van der Waals surface area contributed by atoms with Gasteiger partial charge in [0.25, 0.3) is 0 Å². The van der Waals surface area contributed by atoms with Crippen LogP contribution in [0, 0.1) is 11.3 Å². The van der Waals surface area contributed by atoms with Crippen molar-refractivity contribution < 1.29 is 0 Å². The molecule has 62 valence electrons. The molecule has 0 aliphatic rings. The molecule has 3 heteroatoms. The number of hydrogen-bond acceptors (Lipinski definition) is 2. The normalized spacial score (nSPS) is 9.85. The Hall–Kier alpha value is -1.40. The molecule has 0 saturated heterocycles. The van der Waals surface area contributed by atoms with Crippen LogP contribution in [0.15, 0.2) is 34.9 Å². The Bertz CT molecular complexity index is 500. The number of halogens is 1. The molecular formula is C10H5BrN2. The summed E-state index contributed by atoms with van der Waals surface area (Å²) in [5.74, 6) is 0. The second-order valence-electron chi connectivity index (χ2n) is 2.62. The number of nitrogens with zero attached hydrogens (tertiary/aromatic N) is 2. The highest BCUT2D eigenvalue weighted by Crippen LogP contribution is 2.18. The van der Waals surface area contributed by atoms with Crippen LogP contribution < -0.4 is 0 Å². The largest absolute Gasteiger partial charge is 0.240 e. The van der Waals surface area contributed by atoms with Crippen molar-refractivity contribution in [3.63, 3.8) is 0 Å². The van der Waals surface area contributed by atoms with Crippen LogP contribution in [0.1, 0.15) is 5.56 Å². The van der Waals surface area contributed by atoms with Crippen molar-refractivity contribution in [2.45, 2.75) is 0 Å². The Morgan fingerprint density at radius 1 is 1.23 bits per heavy atom. The van der Waals surface area contributed by atoms with Crippen molar-refractivity contribution in [3.05, 3.63) is 40.5 Å². The smallest absolute Gasteiger partial charge is 0.106 e. The monoisotopic (exact) mass is 232 g/mol. The molecule has 1 aromatic carbocycles. The fourth-order valence-corrected chi connectivity index (χ4v) is 1.52. The lowest BCUT2D eigenvalue weighted by Gasteiger charge is -1.98. The van der Waals surface area contributed by atoms with Crippen LogP contribution in [0.5, 0.6) is 0 Å². The summed E-state index contributed by atoms with van der Waals surface area (Å²) >= 11 is 3.28. The van der Waals surface area contributed by atoms with Gasteiger partial charge in [0.15, 0.2) is 0 Å². The van der Waals surface area contributed by atoms with Gasteiger partial charge in [-0.25, -0.2) is 4.98 Å². The number of fused-ring (bicyclic) bond motifs is 1. The average Bonchev–Trinajstić information content (AvgIpc) is 2.17.